The molecule has 1 aliphatic carbocycles. The number of hydrogen-bond acceptors (Lipinski definition) is 5. The second-order valence-corrected chi connectivity index (χ2v) is 8.42. The van der Waals surface area contributed by atoms with E-state index >= 15 is 0 Å². The molecule has 0 aromatic rings. The summed E-state index contributed by atoms with van der Waals surface area (Å²) >= 11 is 2.03. The van der Waals surface area contributed by atoms with Crippen molar-refractivity contribution in [2.45, 2.75) is 63.9 Å². The van der Waals surface area contributed by atoms with E-state index < -0.39 is 5.60 Å². The fourth-order valence-corrected chi connectivity index (χ4v) is 4.11. The van der Waals surface area contributed by atoms with Crippen LogP contribution in [0.4, 0.5) is 4.79 Å². The smallest absolute Gasteiger partial charge is 0.410 e. The zero-order valence-corrected chi connectivity index (χ0v) is 15.0. The Bertz CT molecular complexity index is 420. The number of hydrogen-bond donors (Lipinski definition) is 1. The first-order valence-corrected chi connectivity index (χ1v) is 9.33. The van der Waals surface area contributed by atoms with Crippen LogP contribution in [-0.4, -0.2) is 59.1 Å². The number of carbonyl (C=O) groups excluding carboxylic acids is 1. The number of amidine groups is 1. The quantitative estimate of drug-likeness (QED) is 0.866. The van der Waals surface area contributed by atoms with E-state index in [-0.39, 0.29) is 6.09 Å². The van der Waals surface area contributed by atoms with Gasteiger partial charge in [0.15, 0.2) is 0 Å². The lowest BCUT2D eigenvalue weighted by molar-refractivity contribution is 0.0276. The molecule has 5 nitrogen and oxygen atoms in total. The second-order valence-electron chi connectivity index (χ2n) is 6.91. The molecule has 1 amide bonds. The summed E-state index contributed by atoms with van der Waals surface area (Å²) in [6.07, 6.45) is 3.51. The lowest BCUT2D eigenvalue weighted by atomic mass is 10.2. The molecule has 0 aromatic heterocycles. The largest absolute Gasteiger partial charge is 0.444 e. The van der Waals surface area contributed by atoms with Gasteiger partial charge in [-0.2, -0.15) is 11.8 Å². The average molecular weight is 327 g/mol. The molecule has 2 unspecified atom stereocenters. The molecule has 0 radical (unpaired) electrons. The average Bonchev–Trinajstić information content (AvgIpc) is 2.85. The van der Waals surface area contributed by atoms with Gasteiger partial charge in [0.1, 0.15) is 11.4 Å². The molecule has 1 heterocycles. The molecule has 0 aromatic carbocycles. The van der Waals surface area contributed by atoms with Crippen molar-refractivity contribution in [2.75, 3.05) is 25.4 Å². The number of amides is 1. The van der Waals surface area contributed by atoms with Gasteiger partial charge < -0.3 is 10.1 Å². The maximum Gasteiger partial charge on any atom is 0.410 e. The molecule has 1 N–H and O–H groups in total. The summed E-state index contributed by atoms with van der Waals surface area (Å²) in [7, 11) is 0. The maximum absolute atomic E-state index is 12.2. The molecular weight excluding hydrogens is 298 g/mol. The van der Waals surface area contributed by atoms with Crippen molar-refractivity contribution in [1.29, 1.82) is 0 Å². The minimum atomic E-state index is -0.451. The molecule has 0 bridgehead atoms. The van der Waals surface area contributed by atoms with Crippen molar-refractivity contribution in [3.63, 3.8) is 0 Å². The lowest BCUT2D eigenvalue weighted by Gasteiger charge is -2.31. The van der Waals surface area contributed by atoms with Gasteiger partial charge in [-0.1, -0.05) is 13.3 Å². The number of rotatable bonds is 3. The standard InChI is InChI=1S/C16H29N3O2S/c1-5-22-13-8-6-7-12(13)18-14-11-19(10-9-17-14)15(20)21-16(2,3)4/h12-13H,5-11H2,1-4H3,(H,17,18). The molecule has 126 valence electrons. The van der Waals surface area contributed by atoms with Gasteiger partial charge in [0.2, 0.25) is 0 Å². The Hall–Kier alpha value is -0.910. The molecule has 1 saturated carbocycles. The third-order valence-corrected chi connectivity index (χ3v) is 5.18. The molecule has 0 saturated heterocycles. The van der Waals surface area contributed by atoms with E-state index in [0.717, 1.165) is 11.6 Å². The van der Waals surface area contributed by atoms with Crippen LogP contribution in [0.2, 0.25) is 0 Å². The van der Waals surface area contributed by atoms with Crippen LogP contribution in [0, 0.1) is 0 Å². The topological polar surface area (TPSA) is 53.9 Å². The third kappa shape index (κ3) is 5.07. The molecular formula is C16H29N3O2S. The minimum Gasteiger partial charge on any atom is -0.444 e. The van der Waals surface area contributed by atoms with Crippen molar-refractivity contribution in [1.82, 2.24) is 10.2 Å². The Kier molecular flexibility index (Phi) is 6.01. The minimum absolute atomic E-state index is 0.243. The summed E-state index contributed by atoms with van der Waals surface area (Å²) in [5.74, 6) is 2.09. The number of aliphatic imine (C=N–C) groups is 1. The second kappa shape index (κ2) is 7.57. The molecule has 2 atom stereocenters. The maximum atomic E-state index is 12.2. The summed E-state index contributed by atoms with van der Waals surface area (Å²) in [5, 5.41) is 4.25. The van der Waals surface area contributed by atoms with Crippen LogP contribution in [0.15, 0.2) is 4.99 Å². The van der Waals surface area contributed by atoms with E-state index in [1.165, 1.54) is 19.3 Å². The first-order valence-electron chi connectivity index (χ1n) is 8.28. The molecule has 6 heteroatoms. The summed E-state index contributed by atoms with van der Waals surface area (Å²) in [4.78, 5) is 18.5. The fraction of sp³-hybridized carbons (Fsp3) is 0.875. The van der Waals surface area contributed by atoms with E-state index in [0.29, 0.717) is 30.9 Å². The number of thioether (sulfide) groups is 1. The third-order valence-electron chi connectivity index (χ3n) is 3.85. The highest BCUT2D eigenvalue weighted by Crippen LogP contribution is 2.30. The van der Waals surface area contributed by atoms with Crippen molar-refractivity contribution >= 4 is 23.7 Å². The Morgan fingerprint density at radius 2 is 2.23 bits per heavy atom. The Labute approximate surface area is 138 Å². The first kappa shape index (κ1) is 17.4. The van der Waals surface area contributed by atoms with Gasteiger partial charge in [-0.15, -0.1) is 0 Å². The predicted octanol–water partition coefficient (Wildman–Crippen LogP) is 2.90. The summed E-state index contributed by atoms with van der Waals surface area (Å²) in [5.41, 5.74) is -0.451. The normalized spacial score (nSPS) is 25.8. The van der Waals surface area contributed by atoms with Crippen LogP contribution in [-0.2, 0) is 4.74 Å². The number of ether oxygens (including phenoxy) is 1. The van der Waals surface area contributed by atoms with Crippen molar-refractivity contribution in [2.24, 2.45) is 4.99 Å². The van der Waals surface area contributed by atoms with Gasteiger partial charge in [-0.25, -0.2) is 4.79 Å². The molecule has 2 rings (SSSR count). The summed E-state index contributed by atoms with van der Waals surface area (Å²) in [6.45, 7) is 9.72. The van der Waals surface area contributed by atoms with E-state index in [2.05, 4.69) is 17.2 Å². The Morgan fingerprint density at radius 3 is 2.91 bits per heavy atom. The highest BCUT2D eigenvalue weighted by Gasteiger charge is 2.30. The monoisotopic (exact) mass is 327 g/mol. The van der Waals surface area contributed by atoms with Crippen molar-refractivity contribution in [3.05, 3.63) is 0 Å². The molecule has 1 fully saturated rings. The zero-order chi connectivity index (χ0) is 16.2. The fourth-order valence-electron chi connectivity index (χ4n) is 2.91. The Morgan fingerprint density at radius 1 is 1.45 bits per heavy atom. The zero-order valence-electron chi connectivity index (χ0n) is 14.2. The highest BCUT2D eigenvalue weighted by atomic mass is 32.2. The molecule has 2 aliphatic rings. The summed E-state index contributed by atoms with van der Waals surface area (Å²) < 4.78 is 5.46. The van der Waals surface area contributed by atoms with E-state index in [4.69, 9.17) is 4.74 Å². The van der Waals surface area contributed by atoms with Crippen LogP contribution < -0.4 is 5.32 Å². The predicted molar refractivity (Wildman–Crippen MR) is 92.8 cm³/mol. The van der Waals surface area contributed by atoms with E-state index in [1.54, 1.807) is 4.90 Å². The van der Waals surface area contributed by atoms with Crippen LogP contribution in [0.25, 0.3) is 0 Å². The summed E-state index contributed by atoms with van der Waals surface area (Å²) in [6, 6.07) is 0.488. The van der Waals surface area contributed by atoms with Gasteiger partial charge in [0.05, 0.1) is 13.1 Å². The van der Waals surface area contributed by atoms with Crippen LogP contribution in [0.3, 0.4) is 0 Å². The number of carbonyl (C=O) groups is 1. The molecule has 1 aliphatic heterocycles. The van der Waals surface area contributed by atoms with Gasteiger partial charge in [0, 0.05) is 17.8 Å². The van der Waals surface area contributed by atoms with Gasteiger partial charge in [-0.3, -0.25) is 9.89 Å². The highest BCUT2D eigenvalue weighted by molar-refractivity contribution is 7.99. The molecule has 22 heavy (non-hydrogen) atoms. The number of nitrogens with one attached hydrogen (secondary N) is 1. The van der Waals surface area contributed by atoms with E-state index in [9.17, 15) is 4.79 Å². The van der Waals surface area contributed by atoms with Gasteiger partial charge >= 0.3 is 6.09 Å². The van der Waals surface area contributed by atoms with Crippen LogP contribution >= 0.6 is 11.8 Å². The van der Waals surface area contributed by atoms with E-state index in [1.807, 2.05) is 32.5 Å². The SMILES string of the molecule is CCSC1CCCC1NC1=NCCN(C(=O)OC(C)(C)C)C1. The van der Waals surface area contributed by atoms with Gasteiger partial charge in [0.25, 0.3) is 0 Å². The first-order chi connectivity index (χ1) is 10.4. The van der Waals surface area contributed by atoms with Crippen LogP contribution in [0.5, 0.6) is 0 Å². The van der Waals surface area contributed by atoms with Crippen LogP contribution in [0.1, 0.15) is 47.0 Å². The Balaban J connectivity index is 1.88. The number of nitrogens with zero attached hydrogens (tertiary/aromatic N) is 2. The van der Waals surface area contributed by atoms with Crippen molar-refractivity contribution < 1.29 is 9.53 Å². The lowest BCUT2D eigenvalue weighted by Crippen LogP contribution is -2.50. The van der Waals surface area contributed by atoms with Crippen molar-refractivity contribution in [3.8, 4) is 0 Å². The van der Waals surface area contributed by atoms with Gasteiger partial charge in [-0.05, 0) is 39.4 Å². The molecule has 0 spiro atoms.